The van der Waals surface area contributed by atoms with Crippen LogP contribution in [-0.4, -0.2) is 80.3 Å². The Balaban J connectivity index is 1.18. The molecule has 3 aromatic carbocycles. The van der Waals surface area contributed by atoms with Crippen molar-refractivity contribution in [2.24, 2.45) is 0 Å². The highest BCUT2D eigenvalue weighted by molar-refractivity contribution is 6.02. The highest BCUT2D eigenvalue weighted by atomic mass is 16.7. The Morgan fingerprint density at radius 3 is 2.44 bits per heavy atom. The van der Waals surface area contributed by atoms with Crippen molar-refractivity contribution in [2.45, 2.75) is 24.9 Å². The summed E-state index contributed by atoms with van der Waals surface area (Å²) < 4.78 is 22.1. The number of fused-ring (bicyclic) bond motifs is 5. The number of hydrogen-bond acceptors (Lipinski definition) is 7. The number of ether oxygens (including phenoxy) is 4. The Hall–Kier alpha value is -4.24. The molecule has 212 valence electrons. The van der Waals surface area contributed by atoms with E-state index < -0.39 is 5.92 Å². The van der Waals surface area contributed by atoms with E-state index in [4.69, 9.17) is 18.9 Å². The molecule has 1 saturated heterocycles. The van der Waals surface area contributed by atoms with Gasteiger partial charge in [0, 0.05) is 44.8 Å². The second-order valence-electron chi connectivity index (χ2n) is 11.0. The van der Waals surface area contributed by atoms with Crippen molar-refractivity contribution in [3.8, 4) is 23.0 Å². The number of nitrogens with zero attached hydrogens (tertiary/aromatic N) is 3. The molecule has 0 aliphatic carbocycles. The molecule has 4 aliphatic heterocycles. The van der Waals surface area contributed by atoms with E-state index in [-0.39, 0.29) is 24.6 Å². The molecule has 0 saturated carbocycles. The fraction of sp³-hybridized carbons (Fsp3) is 0.375. The minimum Gasteiger partial charge on any atom is -0.493 e. The topological polar surface area (TPSA) is 80.8 Å². The van der Waals surface area contributed by atoms with Crippen LogP contribution in [0.1, 0.15) is 44.6 Å². The van der Waals surface area contributed by atoms with Gasteiger partial charge in [0.25, 0.3) is 5.91 Å². The van der Waals surface area contributed by atoms with Gasteiger partial charge < -0.3 is 28.7 Å². The first-order valence-electron chi connectivity index (χ1n) is 14.1. The van der Waals surface area contributed by atoms with E-state index in [0.29, 0.717) is 42.3 Å². The molecule has 0 radical (unpaired) electrons. The number of carbonyl (C=O) groups excluding carboxylic acids is 2. The van der Waals surface area contributed by atoms with E-state index >= 15 is 0 Å². The fourth-order valence-corrected chi connectivity index (χ4v) is 6.74. The normalized spacial score (nSPS) is 21.2. The van der Waals surface area contributed by atoms with Crippen LogP contribution in [-0.2, 0) is 17.8 Å². The van der Waals surface area contributed by atoms with E-state index in [1.165, 1.54) is 5.56 Å². The summed E-state index contributed by atoms with van der Waals surface area (Å²) in [7, 11) is 3.14. The lowest BCUT2D eigenvalue weighted by Crippen LogP contribution is -2.54. The summed E-state index contributed by atoms with van der Waals surface area (Å²) in [5.41, 5.74) is 4.62. The number of benzene rings is 3. The Kier molecular flexibility index (Phi) is 6.46. The smallest absolute Gasteiger partial charge is 0.254 e. The summed E-state index contributed by atoms with van der Waals surface area (Å²) in [6.07, 6.45) is 0.764. The van der Waals surface area contributed by atoms with E-state index in [1.54, 1.807) is 20.3 Å². The first-order valence-corrected chi connectivity index (χ1v) is 14.1. The molecule has 1 fully saturated rings. The summed E-state index contributed by atoms with van der Waals surface area (Å²) in [5.74, 6) is 2.00. The molecule has 9 heteroatoms. The zero-order valence-corrected chi connectivity index (χ0v) is 23.3. The van der Waals surface area contributed by atoms with Crippen LogP contribution in [0.15, 0.2) is 54.6 Å². The quantitative estimate of drug-likeness (QED) is 0.476. The third-order valence-corrected chi connectivity index (χ3v) is 8.82. The van der Waals surface area contributed by atoms with Gasteiger partial charge >= 0.3 is 0 Å². The highest BCUT2D eigenvalue weighted by Gasteiger charge is 2.48. The number of amides is 2. The Morgan fingerprint density at radius 2 is 1.63 bits per heavy atom. The van der Waals surface area contributed by atoms with Crippen LogP contribution >= 0.6 is 0 Å². The number of hydrogen-bond donors (Lipinski definition) is 0. The lowest BCUT2D eigenvalue weighted by molar-refractivity contribution is -0.136. The molecule has 41 heavy (non-hydrogen) atoms. The standard InChI is InChI=1S/C32H33N3O6/c1-38-26-16-23-24(17-27(26)39-2)31(36)35-10-9-21-5-3-4-6-22(21)30(35)29(23)32(37)34-13-11-33(12-14-34)18-20-7-8-25-28(15-20)41-19-40-25/h3-8,15-17,29-30H,9-14,18-19H2,1-2H3. The zero-order valence-electron chi connectivity index (χ0n) is 23.3. The molecule has 7 rings (SSSR count). The van der Waals surface area contributed by atoms with Crippen molar-refractivity contribution in [3.05, 3.63) is 82.4 Å². The molecule has 2 amide bonds. The Morgan fingerprint density at radius 1 is 0.878 bits per heavy atom. The van der Waals surface area contributed by atoms with Crippen LogP contribution in [0.4, 0.5) is 0 Å². The van der Waals surface area contributed by atoms with Gasteiger partial charge in [0.05, 0.1) is 26.2 Å². The molecule has 2 atom stereocenters. The first-order chi connectivity index (χ1) is 20.1. The van der Waals surface area contributed by atoms with Crippen LogP contribution < -0.4 is 18.9 Å². The molecule has 0 N–H and O–H groups in total. The van der Waals surface area contributed by atoms with E-state index in [9.17, 15) is 9.59 Å². The van der Waals surface area contributed by atoms with Gasteiger partial charge in [0.1, 0.15) is 0 Å². The van der Waals surface area contributed by atoms with Gasteiger partial charge in [-0.3, -0.25) is 14.5 Å². The van der Waals surface area contributed by atoms with Crippen molar-refractivity contribution >= 4 is 11.8 Å². The maximum Gasteiger partial charge on any atom is 0.254 e. The van der Waals surface area contributed by atoms with Crippen molar-refractivity contribution < 1.29 is 28.5 Å². The maximum absolute atomic E-state index is 14.5. The molecule has 2 unspecified atom stereocenters. The van der Waals surface area contributed by atoms with E-state index in [1.807, 2.05) is 40.1 Å². The first kappa shape index (κ1) is 25.7. The van der Waals surface area contributed by atoms with Crippen LogP contribution in [0.5, 0.6) is 23.0 Å². The van der Waals surface area contributed by atoms with Crippen molar-refractivity contribution in [3.63, 3.8) is 0 Å². The molecule has 0 spiro atoms. The van der Waals surface area contributed by atoms with Gasteiger partial charge in [-0.15, -0.1) is 0 Å². The average Bonchev–Trinajstić information content (AvgIpc) is 3.49. The molecule has 4 aliphatic rings. The minimum atomic E-state index is -0.538. The summed E-state index contributed by atoms with van der Waals surface area (Å²) in [4.78, 5) is 34.5. The second-order valence-corrected chi connectivity index (χ2v) is 11.0. The van der Waals surface area contributed by atoms with Crippen molar-refractivity contribution in [1.82, 2.24) is 14.7 Å². The van der Waals surface area contributed by atoms with E-state index in [2.05, 4.69) is 23.1 Å². The summed E-state index contributed by atoms with van der Waals surface area (Å²) in [6.45, 7) is 4.36. The SMILES string of the molecule is COc1cc2c(cc1OC)C(C(=O)N1CCN(Cc3ccc4c(c3)OCO4)CC1)C1c3ccccc3CCN1C2=O. The van der Waals surface area contributed by atoms with Crippen molar-refractivity contribution in [1.29, 1.82) is 0 Å². The summed E-state index contributed by atoms with van der Waals surface area (Å²) in [6, 6.07) is 17.4. The van der Waals surface area contributed by atoms with Gasteiger partial charge in [-0.1, -0.05) is 30.3 Å². The third-order valence-electron chi connectivity index (χ3n) is 8.82. The molecule has 3 aromatic rings. The maximum atomic E-state index is 14.5. The summed E-state index contributed by atoms with van der Waals surface area (Å²) in [5, 5.41) is 0. The Labute approximate surface area is 239 Å². The van der Waals surface area contributed by atoms with Crippen LogP contribution in [0.25, 0.3) is 0 Å². The van der Waals surface area contributed by atoms with Crippen molar-refractivity contribution in [2.75, 3.05) is 53.7 Å². The van der Waals surface area contributed by atoms with Gasteiger partial charge in [0.15, 0.2) is 23.0 Å². The van der Waals surface area contributed by atoms with Gasteiger partial charge in [-0.25, -0.2) is 0 Å². The van der Waals surface area contributed by atoms with Crippen LogP contribution in [0.2, 0.25) is 0 Å². The molecule has 9 nitrogen and oxygen atoms in total. The Bertz CT molecular complexity index is 1520. The molecule has 0 bridgehead atoms. The van der Waals surface area contributed by atoms with Gasteiger partial charge in [-0.2, -0.15) is 0 Å². The van der Waals surface area contributed by atoms with Crippen LogP contribution in [0, 0.1) is 0 Å². The minimum absolute atomic E-state index is 0.0420. The third kappa shape index (κ3) is 4.35. The zero-order chi connectivity index (χ0) is 28.1. The lowest BCUT2D eigenvalue weighted by Gasteiger charge is -2.47. The molecule has 0 aromatic heterocycles. The largest absolute Gasteiger partial charge is 0.493 e. The monoisotopic (exact) mass is 555 g/mol. The van der Waals surface area contributed by atoms with E-state index in [0.717, 1.165) is 48.7 Å². The second kappa shape index (κ2) is 10.3. The number of rotatable bonds is 5. The predicted octanol–water partition coefficient (Wildman–Crippen LogP) is 3.61. The summed E-state index contributed by atoms with van der Waals surface area (Å²) >= 11 is 0. The molecular weight excluding hydrogens is 522 g/mol. The fourth-order valence-electron chi connectivity index (χ4n) is 6.74. The number of carbonyl (C=O) groups is 2. The predicted molar refractivity (Wildman–Crippen MR) is 151 cm³/mol. The highest BCUT2D eigenvalue weighted by Crippen LogP contribution is 2.49. The van der Waals surface area contributed by atoms with Gasteiger partial charge in [0.2, 0.25) is 12.7 Å². The van der Waals surface area contributed by atoms with Gasteiger partial charge in [-0.05, 0) is 52.9 Å². The van der Waals surface area contributed by atoms with Crippen LogP contribution in [0.3, 0.4) is 0 Å². The molecule has 4 heterocycles. The molecular formula is C32H33N3O6. The lowest BCUT2D eigenvalue weighted by atomic mass is 9.75. The number of methoxy groups -OCH3 is 2. The number of piperazine rings is 1. The average molecular weight is 556 g/mol.